The summed E-state index contributed by atoms with van der Waals surface area (Å²) in [5.41, 5.74) is 3.07. The molecule has 0 aliphatic carbocycles. The van der Waals surface area contributed by atoms with Crippen LogP contribution in [0.1, 0.15) is 5.56 Å². The van der Waals surface area contributed by atoms with Crippen LogP contribution >= 0.6 is 11.6 Å². The monoisotopic (exact) mass is 306 g/mol. The molecule has 2 aromatic carbocycles. The lowest BCUT2D eigenvalue weighted by molar-refractivity contribution is -0.123. The molecular formula is C15H12ClFN2O2. The van der Waals surface area contributed by atoms with E-state index in [1.54, 1.807) is 36.4 Å². The van der Waals surface area contributed by atoms with Gasteiger partial charge in [0, 0.05) is 5.02 Å². The molecule has 6 heteroatoms. The highest BCUT2D eigenvalue weighted by atomic mass is 35.5. The van der Waals surface area contributed by atoms with Crippen LogP contribution < -0.4 is 10.2 Å². The Kier molecular flexibility index (Phi) is 5.29. The number of carbonyl (C=O) groups excluding carboxylic acids is 1. The van der Waals surface area contributed by atoms with Crippen molar-refractivity contribution in [1.82, 2.24) is 5.43 Å². The number of nitrogens with one attached hydrogen (secondary N) is 1. The number of carbonyl (C=O) groups is 1. The second kappa shape index (κ2) is 7.40. The van der Waals surface area contributed by atoms with E-state index in [0.29, 0.717) is 5.02 Å². The molecule has 0 atom stereocenters. The number of hydrazone groups is 1. The summed E-state index contributed by atoms with van der Waals surface area (Å²) in [6.07, 6.45) is 1.47. The van der Waals surface area contributed by atoms with Gasteiger partial charge in [0.05, 0.1) is 6.21 Å². The summed E-state index contributed by atoms with van der Waals surface area (Å²) in [4.78, 5) is 11.5. The Morgan fingerprint density at radius 3 is 2.67 bits per heavy atom. The highest BCUT2D eigenvalue weighted by Crippen LogP contribution is 2.14. The third kappa shape index (κ3) is 4.89. The summed E-state index contributed by atoms with van der Waals surface area (Å²) in [7, 11) is 0. The standard InChI is InChI=1S/C15H12ClFN2O2/c16-12-7-5-11(6-8-12)9-18-19-15(20)10-21-14-4-2-1-3-13(14)17/h1-9H,10H2,(H,19,20)/b18-9+. The average Bonchev–Trinajstić information content (AvgIpc) is 2.48. The van der Waals surface area contributed by atoms with Gasteiger partial charge in [0.1, 0.15) is 0 Å². The normalized spacial score (nSPS) is 10.6. The Morgan fingerprint density at radius 2 is 1.95 bits per heavy atom. The first-order valence-corrected chi connectivity index (χ1v) is 6.48. The largest absolute Gasteiger partial charge is 0.481 e. The number of rotatable bonds is 5. The highest BCUT2D eigenvalue weighted by molar-refractivity contribution is 6.30. The van der Waals surface area contributed by atoms with E-state index in [2.05, 4.69) is 10.5 Å². The summed E-state index contributed by atoms with van der Waals surface area (Å²) in [5, 5.41) is 4.38. The van der Waals surface area contributed by atoms with Gasteiger partial charge in [-0.05, 0) is 29.8 Å². The summed E-state index contributed by atoms with van der Waals surface area (Å²) in [6.45, 7) is -0.321. The number of benzene rings is 2. The molecule has 2 rings (SSSR count). The van der Waals surface area contributed by atoms with Crippen LogP contribution in [0.3, 0.4) is 0 Å². The molecule has 0 unspecified atom stereocenters. The van der Waals surface area contributed by atoms with E-state index >= 15 is 0 Å². The third-order valence-electron chi connectivity index (χ3n) is 2.47. The van der Waals surface area contributed by atoms with Gasteiger partial charge >= 0.3 is 0 Å². The van der Waals surface area contributed by atoms with E-state index in [1.807, 2.05) is 0 Å². The second-order valence-electron chi connectivity index (χ2n) is 4.06. The molecule has 0 aliphatic rings. The van der Waals surface area contributed by atoms with E-state index < -0.39 is 11.7 Å². The van der Waals surface area contributed by atoms with Gasteiger partial charge in [-0.1, -0.05) is 35.9 Å². The van der Waals surface area contributed by atoms with Crippen LogP contribution in [-0.2, 0) is 4.79 Å². The number of halogens is 2. The molecule has 1 amide bonds. The van der Waals surface area contributed by atoms with E-state index in [0.717, 1.165) is 5.56 Å². The first-order chi connectivity index (χ1) is 10.1. The maximum Gasteiger partial charge on any atom is 0.277 e. The summed E-state index contributed by atoms with van der Waals surface area (Å²) in [6, 6.07) is 12.8. The SMILES string of the molecule is O=C(COc1ccccc1F)N/N=C/c1ccc(Cl)cc1. The van der Waals surface area contributed by atoms with Crippen molar-refractivity contribution in [1.29, 1.82) is 0 Å². The number of amides is 1. The van der Waals surface area contributed by atoms with Crippen molar-refractivity contribution in [3.8, 4) is 5.75 Å². The van der Waals surface area contributed by atoms with Gasteiger partial charge in [-0.2, -0.15) is 5.10 Å². The summed E-state index contributed by atoms with van der Waals surface area (Å²) < 4.78 is 18.3. The Morgan fingerprint density at radius 1 is 1.24 bits per heavy atom. The number of hydrogen-bond acceptors (Lipinski definition) is 3. The second-order valence-corrected chi connectivity index (χ2v) is 4.50. The lowest BCUT2D eigenvalue weighted by Gasteiger charge is -2.05. The van der Waals surface area contributed by atoms with E-state index in [4.69, 9.17) is 16.3 Å². The van der Waals surface area contributed by atoms with Crippen LogP contribution in [0.25, 0.3) is 0 Å². The van der Waals surface area contributed by atoms with Gasteiger partial charge in [0.25, 0.3) is 5.91 Å². The topological polar surface area (TPSA) is 50.7 Å². The molecule has 0 heterocycles. The molecule has 0 saturated heterocycles. The number of ether oxygens (including phenoxy) is 1. The minimum Gasteiger partial charge on any atom is -0.481 e. The molecule has 0 spiro atoms. The van der Waals surface area contributed by atoms with Crippen molar-refractivity contribution >= 4 is 23.7 Å². The van der Waals surface area contributed by atoms with Crippen LogP contribution in [-0.4, -0.2) is 18.7 Å². The fraction of sp³-hybridized carbons (Fsp3) is 0.0667. The zero-order valence-corrected chi connectivity index (χ0v) is 11.7. The number of hydrogen-bond donors (Lipinski definition) is 1. The first-order valence-electron chi connectivity index (χ1n) is 6.10. The van der Waals surface area contributed by atoms with E-state index in [9.17, 15) is 9.18 Å². The minimum atomic E-state index is -0.519. The molecule has 0 radical (unpaired) electrons. The van der Waals surface area contributed by atoms with E-state index in [1.165, 1.54) is 18.3 Å². The molecule has 4 nitrogen and oxygen atoms in total. The quantitative estimate of drug-likeness (QED) is 0.682. The molecule has 2 aromatic rings. The molecule has 108 valence electrons. The number of para-hydroxylation sites is 1. The average molecular weight is 307 g/mol. The molecular weight excluding hydrogens is 295 g/mol. The minimum absolute atomic E-state index is 0.0225. The fourth-order valence-electron chi connectivity index (χ4n) is 1.47. The molecule has 0 fully saturated rings. The lowest BCUT2D eigenvalue weighted by Crippen LogP contribution is -2.24. The maximum atomic E-state index is 13.2. The first kappa shape index (κ1) is 15.0. The Hall–Kier alpha value is -2.40. The van der Waals surface area contributed by atoms with Crippen LogP contribution in [0.15, 0.2) is 53.6 Å². The van der Waals surface area contributed by atoms with Gasteiger partial charge in [-0.3, -0.25) is 4.79 Å². The predicted octanol–water partition coefficient (Wildman–Crippen LogP) is 3.01. The van der Waals surface area contributed by atoms with Crippen LogP contribution in [0.5, 0.6) is 5.75 Å². The summed E-state index contributed by atoms with van der Waals surface area (Å²) in [5.74, 6) is -0.979. The van der Waals surface area contributed by atoms with Crippen molar-refractivity contribution in [2.24, 2.45) is 5.10 Å². The van der Waals surface area contributed by atoms with Crippen molar-refractivity contribution in [3.05, 3.63) is 64.9 Å². The third-order valence-corrected chi connectivity index (χ3v) is 2.72. The van der Waals surface area contributed by atoms with Gasteiger partial charge in [0.2, 0.25) is 0 Å². The van der Waals surface area contributed by atoms with Gasteiger partial charge in [-0.15, -0.1) is 0 Å². The molecule has 0 saturated carbocycles. The molecule has 1 N–H and O–H groups in total. The summed E-state index contributed by atoms with van der Waals surface area (Å²) >= 11 is 5.75. The van der Waals surface area contributed by atoms with Gasteiger partial charge in [0.15, 0.2) is 18.2 Å². The Bertz CT molecular complexity index is 644. The van der Waals surface area contributed by atoms with E-state index in [-0.39, 0.29) is 12.4 Å². The van der Waals surface area contributed by atoms with Crippen LogP contribution in [0, 0.1) is 5.82 Å². The van der Waals surface area contributed by atoms with Crippen molar-refractivity contribution in [2.45, 2.75) is 0 Å². The highest BCUT2D eigenvalue weighted by Gasteiger charge is 2.04. The number of nitrogens with zero attached hydrogens (tertiary/aromatic N) is 1. The molecule has 0 aromatic heterocycles. The van der Waals surface area contributed by atoms with Gasteiger partial charge < -0.3 is 4.74 Å². The smallest absolute Gasteiger partial charge is 0.277 e. The van der Waals surface area contributed by atoms with Gasteiger partial charge in [-0.25, -0.2) is 9.82 Å². The molecule has 21 heavy (non-hydrogen) atoms. The molecule has 0 bridgehead atoms. The Labute approximate surface area is 126 Å². The lowest BCUT2D eigenvalue weighted by atomic mass is 10.2. The Balaban J connectivity index is 1.80. The maximum absolute atomic E-state index is 13.2. The van der Waals surface area contributed by atoms with Crippen molar-refractivity contribution in [2.75, 3.05) is 6.61 Å². The zero-order chi connectivity index (χ0) is 15.1. The zero-order valence-electron chi connectivity index (χ0n) is 10.9. The van der Waals surface area contributed by atoms with Crippen molar-refractivity contribution in [3.63, 3.8) is 0 Å². The fourth-order valence-corrected chi connectivity index (χ4v) is 1.59. The van der Waals surface area contributed by atoms with Crippen LogP contribution in [0.4, 0.5) is 4.39 Å². The van der Waals surface area contributed by atoms with Crippen LogP contribution in [0.2, 0.25) is 5.02 Å². The predicted molar refractivity (Wildman–Crippen MR) is 79.1 cm³/mol. The molecule has 0 aliphatic heterocycles. The van der Waals surface area contributed by atoms with Crippen molar-refractivity contribution < 1.29 is 13.9 Å².